The van der Waals surface area contributed by atoms with Gasteiger partial charge >= 0.3 is 5.97 Å². The first-order valence-corrected chi connectivity index (χ1v) is 8.20. The van der Waals surface area contributed by atoms with Gasteiger partial charge in [0.25, 0.3) is 0 Å². The van der Waals surface area contributed by atoms with Crippen LogP contribution in [0.1, 0.15) is 47.5 Å². The lowest BCUT2D eigenvalue weighted by Gasteiger charge is -2.29. The molecule has 0 aliphatic rings. The molecule has 0 heterocycles. The lowest BCUT2D eigenvalue weighted by atomic mass is 10.0. The second kappa shape index (κ2) is 6.40. The molecule has 0 bridgehead atoms. The van der Waals surface area contributed by atoms with Crippen LogP contribution in [0.3, 0.4) is 0 Å². The minimum atomic E-state index is -1.19. The average molecular weight is 246 g/mol. The molecule has 0 saturated heterocycles. The first kappa shape index (κ1) is 15.6. The summed E-state index contributed by atoms with van der Waals surface area (Å²) in [5, 5.41) is 8.94. The maximum absolute atomic E-state index is 10.5. The van der Waals surface area contributed by atoms with E-state index in [1.165, 1.54) is 0 Å². The van der Waals surface area contributed by atoms with Crippen molar-refractivity contribution in [2.45, 2.75) is 65.1 Å². The molecule has 0 spiro atoms. The van der Waals surface area contributed by atoms with E-state index >= 15 is 0 Å². The van der Waals surface area contributed by atoms with Crippen molar-refractivity contribution < 1.29 is 14.3 Å². The highest BCUT2D eigenvalue weighted by Crippen LogP contribution is 2.28. The Bertz CT molecular complexity index is 223. The minimum absolute atomic E-state index is 0.176. The smallest absolute Gasteiger partial charge is 0.303 e. The van der Waals surface area contributed by atoms with E-state index in [1.54, 1.807) is 0 Å². The van der Waals surface area contributed by atoms with Gasteiger partial charge in [-0.2, -0.15) is 0 Å². The van der Waals surface area contributed by atoms with Crippen LogP contribution in [0.2, 0.25) is 11.6 Å². The van der Waals surface area contributed by atoms with Crippen molar-refractivity contribution in [3.05, 3.63) is 0 Å². The Balaban J connectivity index is 3.99. The molecule has 0 amide bonds. The fraction of sp³-hybridized carbons (Fsp3) is 0.917. The lowest BCUT2D eigenvalue weighted by molar-refractivity contribution is -0.138. The molecule has 3 atom stereocenters. The van der Waals surface area contributed by atoms with Crippen LogP contribution in [0.25, 0.3) is 0 Å². The van der Waals surface area contributed by atoms with E-state index in [-0.39, 0.29) is 23.5 Å². The summed E-state index contributed by atoms with van der Waals surface area (Å²) in [6.07, 6.45) is 1.24. The van der Waals surface area contributed by atoms with Gasteiger partial charge in [0.1, 0.15) is 0 Å². The Kier molecular flexibility index (Phi) is 6.26. The summed E-state index contributed by atoms with van der Waals surface area (Å²) in [7, 11) is -1.19. The van der Waals surface area contributed by atoms with E-state index < -0.39 is 15.0 Å². The van der Waals surface area contributed by atoms with Crippen LogP contribution in [0.5, 0.6) is 0 Å². The molecule has 1 unspecified atom stereocenters. The summed E-state index contributed by atoms with van der Waals surface area (Å²) >= 11 is 0. The molecule has 0 rings (SSSR count). The van der Waals surface area contributed by atoms with Crippen molar-refractivity contribution in [1.29, 1.82) is 0 Å². The zero-order valence-corrected chi connectivity index (χ0v) is 12.6. The zero-order valence-electron chi connectivity index (χ0n) is 11.4. The molecule has 1 N–H and O–H groups in total. The first-order chi connectivity index (χ1) is 7.12. The molecule has 0 aliphatic carbocycles. The maximum Gasteiger partial charge on any atom is 0.303 e. The molecule has 16 heavy (non-hydrogen) atoms. The van der Waals surface area contributed by atoms with Crippen molar-refractivity contribution in [1.82, 2.24) is 0 Å². The molecule has 0 radical (unpaired) electrons. The molecule has 0 aliphatic heterocycles. The molecule has 3 nitrogen and oxygen atoms in total. The molecule has 96 valence electrons. The Labute approximate surface area is 101 Å². The SMILES string of the molecule is C[C@H](CC(=O)O)C[C@H](C)O[SiH](C)C(C)(C)C. The molecule has 0 saturated carbocycles. The predicted molar refractivity (Wildman–Crippen MR) is 69.3 cm³/mol. The summed E-state index contributed by atoms with van der Waals surface area (Å²) in [4.78, 5) is 10.5. The Morgan fingerprint density at radius 3 is 2.25 bits per heavy atom. The molecule has 4 heteroatoms. The fourth-order valence-corrected chi connectivity index (χ4v) is 2.77. The van der Waals surface area contributed by atoms with Crippen molar-refractivity contribution in [3.8, 4) is 0 Å². The van der Waals surface area contributed by atoms with Crippen LogP contribution in [0, 0.1) is 5.92 Å². The highest BCUT2D eigenvalue weighted by molar-refractivity contribution is 6.53. The number of carbonyl (C=O) groups is 1. The van der Waals surface area contributed by atoms with E-state index in [2.05, 4.69) is 27.3 Å². The van der Waals surface area contributed by atoms with Gasteiger partial charge in [-0.15, -0.1) is 0 Å². The van der Waals surface area contributed by atoms with Gasteiger partial charge in [-0.1, -0.05) is 27.7 Å². The standard InChI is InChI=1S/C12H26O3Si/c1-9(8-11(13)14)7-10(2)15-16(6)12(3,4)5/h9-10,16H,7-8H2,1-6H3,(H,13,14)/t9-,10-,16?/m0/s1. The van der Waals surface area contributed by atoms with Gasteiger partial charge in [0.05, 0.1) is 0 Å². The highest BCUT2D eigenvalue weighted by atomic mass is 28.3. The number of rotatable bonds is 6. The number of aliphatic carboxylic acids is 1. The highest BCUT2D eigenvalue weighted by Gasteiger charge is 2.25. The third-order valence-corrected chi connectivity index (χ3v) is 6.23. The van der Waals surface area contributed by atoms with Gasteiger partial charge < -0.3 is 9.53 Å². The summed E-state index contributed by atoms with van der Waals surface area (Å²) in [5.41, 5.74) is 0. The van der Waals surface area contributed by atoms with E-state index in [9.17, 15) is 4.79 Å². The van der Waals surface area contributed by atoms with Crippen molar-refractivity contribution >= 4 is 15.0 Å². The number of carboxylic acids is 1. The Hall–Kier alpha value is -0.353. The Morgan fingerprint density at radius 2 is 1.88 bits per heavy atom. The van der Waals surface area contributed by atoms with Gasteiger partial charge in [0.2, 0.25) is 0 Å². The van der Waals surface area contributed by atoms with Crippen LogP contribution in [0.15, 0.2) is 0 Å². The number of hydrogen-bond donors (Lipinski definition) is 1. The van der Waals surface area contributed by atoms with Gasteiger partial charge in [-0.25, -0.2) is 0 Å². The predicted octanol–water partition coefficient (Wildman–Crippen LogP) is 3.05. The van der Waals surface area contributed by atoms with Crippen molar-refractivity contribution in [2.75, 3.05) is 0 Å². The Morgan fingerprint density at radius 1 is 1.38 bits per heavy atom. The average Bonchev–Trinajstić information content (AvgIpc) is 1.98. The molecule has 0 fully saturated rings. The van der Waals surface area contributed by atoms with Crippen LogP contribution in [-0.2, 0) is 9.22 Å². The molecular weight excluding hydrogens is 220 g/mol. The number of carboxylic acid groups (broad SMARTS) is 1. The minimum Gasteiger partial charge on any atom is -0.481 e. The van der Waals surface area contributed by atoms with Crippen LogP contribution in [0.4, 0.5) is 0 Å². The quantitative estimate of drug-likeness (QED) is 0.733. The molecule has 0 aromatic heterocycles. The zero-order chi connectivity index (χ0) is 12.9. The van der Waals surface area contributed by atoms with Crippen molar-refractivity contribution in [3.63, 3.8) is 0 Å². The normalized spacial score (nSPS) is 17.9. The summed E-state index contributed by atoms with van der Waals surface area (Å²) in [6.45, 7) is 12.8. The topological polar surface area (TPSA) is 46.5 Å². The van der Waals surface area contributed by atoms with E-state index in [0.717, 1.165) is 6.42 Å². The van der Waals surface area contributed by atoms with E-state index in [4.69, 9.17) is 9.53 Å². The van der Waals surface area contributed by atoms with Crippen LogP contribution in [-0.4, -0.2) is 26.2 Å². The molecular formula is C12H26O3Si. The van der Waals surface area contributed by atoms with E-state index in [0.29, 0.717) is 0 Å². The van der Waals surface area contributed by atoms with Gasteiger partial charge in [-0.05, 0) is 30.8 Å². The van der Waals surface area contributed by atoms with Gasteiger partial charge in [0, 0.05) is 12.5 Å². The van der Waals surface area contributed by atoms with Crippen LogP contribution >= 0.6 is 0 Å². The van der Waals surface area contributed by atoms with Gasteiger partial charge in [-0.3, -0.25) is 4.79 Å². The second-order valence-corrected chi connectivity index (χ2v) is 9.18. The second-order valence-electron chi connectivity index (χ2n) is 5.89. The van der Waals surface area contributed by atoms with Crippen LogP contribution < -0.4 is 0 Å². The van der Waals surface area contributed by atoms with Crippen molar-refractivity contribution in [2.24, 2.45) is 5.92 Å². The third-order valence-electron chi connectivity index (χ3n) is 2.91. The summed E-state index contributed by atoms with van der Waals surface area (Å²) < 4.78 is 6.01. The molecule has 0 aromatic carbocycles. The third kappa shape index (κ3) is 7.01. The summed E-state index contributed by atoms with van der Waals surface area (Å²) in [6, 6.07) is 0. The first-order valence-electron chi connectivity index (χ1n) is 6.00. The summed E-state index contributed by atoms with van der Waals surface area (Å²) in [5.74, 6) is -0.533. The maximum atomic E-state index is 10.5. The van der Waals surface area contributed by atoms with E-state index in [1.807, 2.05) is 13.8 Å². The molecule has 0 aromatic rings. The lowest BCUT2D eigenvalue weighted by Crippen LogP contribution is -2.30. The fourth-order valence-electron chi connectivity index (χ4n) is 1.56. The monoisotopic (exact) mass is 246 g/mol. The van der Waals surface area contributed by atoms with Gasteiger partial charge in [0.15, 0.2) is 9.04 Å². The number of hydrogen-bond acceptors (Lipinski definition) is 2. The largest absolute Gasteiger partial charge is 0.481 e.